The van der Waals surface area contributed by atoms with E-state index in [1.807, 2.05) is 23.9 Å². The first-order valence-corrected chi connectivity index (χ1v) is 9.87. The molecule has 0 aliphatic rings. The summed E-state index contributed by atoms with van der Waals surface area (Å²) in [6.45, 7) is 5.28. The van der Waals surface area contributed by atoms with Crippen molar-refractivity contribution in [1.29, 1.82) is 0 Å². The van der Waals surface area contributed by atoms with Crippen molar-refractivity contribution in [1.82, 2.24) is 9.62 Å². The van der Waals surface area contributed by atoms with Gasteiger partial charge in [0, 0.05) is 20.1 Å². The Hall–Kier alpha value is -0.560. The predicted molar refractivity (Wildman–Crippen MR) is 91.3 cm³/mol. The molecule has 6 heteroatoms. The van der Waals surface area contributed by atoms with Gasteiger partial charge >= 0.3 is 0 Å². The monoisotopic (exact) mass is 330 g/mol. The highest BCUT2D eigenvalue weighted by molar-refractivity contribution is 7.98. The Balaban J connectivity index is 2.70. The smallest absolute Gasteiger partial charge is 0.242 e. The Morgan fingerprint density at radius 1 is 1.19 bits per heavy atom. The van der Waals surface area contributed by atoms with Crippen molar-refractivity contribution < 1.29 is 8.42 Å². The van der Waals surface area contributed by atoms with Gasteiger partial charge in [-0.1, -0.05) is 19.1 Å². The molecule has 0 heterocycles. The number of thioether (sulfide) groups is 1. The molecular weight excluding hydrogens is 304 g/mol. The molecule has 0 radical (unpaired) electrons. The molecule has 0 fully saturated rings. The molecule has 21 heavy (non-hydrogen) atoms. The van der Waals surface area contributed by atoms with Gasteiger partial charge in [0.25, 0.3) is 0 Å². The van der Waals surface area contributed by atoms with Gasteiger partial charge in [0.05, 0.1) is 4.90 Å². The van der Waals surface area contributed by atoms with E-state index in [2.05, 4.69) is 25.4 Å². The van der Waals surface area contributed by atoms with Gasteiger partial charge in [0.1, 0.15) is 0 Å². The Bertz CT molecular complexity index is 527. The van der Waals surface area contributed by atoms with Crippen LogP contribution >= 0.6 is 11.8 Å². The Morgan fingerprint density at radius 3 is 2.24 bits per heavy atom. The van der Waals surface area contributed by atoms with E-state index in [-0.39, 0.29) is 6.04 Å². The molecule has 2 unspecified atom stereocenters. The summed E-state index contributed by atoms with van der Waals surface area (Å²) >= 11 is 1.85. The molecule has 0 aliphatic heterocycles. The fraction of sp³-hybridized carbons (Fsp3) is 0.600. The van der Waals surface area contributed by atoms with E-state index >= 15 is 0 Å². The SMILES string of the molecule is CSCC(C)CNC(C)c1ccc(S(=O)(=O)N(C)C)cc1. The molecule has 0 saturated carbocycles. The fourth-order valence-corrected chi connectivity index (χ4v) is 3.57. The second kappa shape index (κ2) is 8.17. The molecule has 0 saturated heterocycles. The Kier molecular flexibility index (Phi) is 7.20. The van der Waals surface area contributed by atoms with Gasteiger partial charge in [-0.15, -0.1) is 0 Å². The minimum absolute atomic E-state index is 0.213. The summed E-state index contributed by atoms with van der Waals surface area (Å²) in [5.74, 6) is 1.76. The molecule has 0 amide bonds. The third-order valence-electron chi connectivity index (χ3n) is 3.38. The van der Waals surface area contributed by atoms with Gasteiger partial charge in [0.2, 0.25) is 10.0 Å². The average Bonchev–Trinajstić information content (AvgIpc) is 2.45. The second-order valence-electron chi connectivity index (χ2n) is 5.55. The number of hydrogen-bond donors (Lipinski definition) is 1. The van der Waals surface area contributed by atoms with Crippen LogP contribution < -0.4 is 5.32 Å². The van der Waals surface area contributed by atoms with E-state index in [0.717, 1.165) is 17.9 Å². The largest absolute Gasteiger partial charge is 0.310 e. The van der Waals surface area contributed by atoms with Crippen LogP contribution in [0.1, 0.15) is 25.5 Å². The average molecular weight is 331 g/mol. The summed E-state index contributed by atoms with van der Waals surface area (Å²) in [5, 5.41) is 3.49. The van der Waals surface area contributed by atoms with Crippen molar-refractivity contribution in [2.75, 3.05) is 32.6 Å². The highest BCUT2D eigenvalue weighted by Crippen LogP contribution is 2.18. The van der Waals surface area contributed by atoms with Crippen LogP contribution in [0.25, 0.3) is 0 Å². The maximum Gasteiger partial charge on any atom is 0.242 e. The number of benzene rings is 1. The fourth-order valence-electron chi connectivity index (χ4n) is 1.98. The summed E-state index contributed by atoms with van der Waals surface area (Å²) in [6, 6.07) is 7.33. The van der Waals surface area contributed by atoms with Crippen molar-refractivity contribution in [2.45, 2.75) is 24.8 Å². The lowest BCUT2D eigenvalue weighted by Gasteiger charge is -2.18. The summed E-state index contributed by atoms with van der Waals surface area (Å²) in [6.07, 6.45) is 2.11. The standard InChI is InChI=1S/C15H26N2O2S2/c1-12(11-20-5)10-16-13(2)14-6-8-15(9-7-14)21(18,19)17(3)4/h6-9,12-13,16H,10-11H2,1-5H3. The maximum absolute atomic E-state index is 12.0. The number of nitrogens with one attached hydrogen (secondary N) is 1. The van der Waals surface area contributed by atoms with Gasteiger partial charge in [0.15, 0.2) is 0 Å². The first-order valence-electron chi connectivity index (χ1n) is 7.03. The Labute approximate surface area is 133 Å². The molecule has 1 aromatic carbocycles. The quantitative estimate of drug-likeness (QED) is 0.796. The van der Waals surface area contributed by atoms with Crippen molar-refractivity contribution in [2.24, 2.45) is 5.92 Å². The molecule has 120 valence electrons. The summed E-state index contributed by atoms with van der Waals surface area (Å²) in [4.78, 5) is 0.333. The zero-order chi connectivity index (χ0) is 16.0. The van der Waals surface area contributed by atoms with Crippen LogP contribution in [-0.4, -0.2) is 45.4 Å². The van der Waals surface area contributed by atoms with Crippen LogP contribution in [0.2, 0.25) is 0 Å². The third-order valence-corrected chi connectivity index (χ3v) is 6.11. The topological polar surface area (TPSA) is 49.4 Å². The highest BCUT2D eigenvalue weighted by Gasteiger charge is 2.17. The van der Waals surface area contributed by atoms with Crippen LogP contribution in [0.4, 0.5) is 0 Å². The van der Waals surface area contributed by atoms with E-state index in [4.69, 9.17) is 0 Å². The molecule has 1 N–H and O–H groups in total. The Morgan fingerprint density at radius 2 is 1.76 bits per heavy atom. The van der Waals surface area contributed by atoms with Crippen molar-refractivity contribution in [3.63, 3.8) is 0 Å². The van der Waals surface area contributed by atoms with E-state index < -0.39 is 10.0 Å². The van der Waals surface area contributed by atoms with Crippen LogP contribution in [0.5, 0.6) is 0 Å². The zero-order valence-electron chi connectivity index (χ0n) is 13.5. The van der Waals surface area contributed by atoms with Crippen LogP contribution in [0.3, 0.4) is 0 Å². The maximum atomic E-state index is 12.0. The van der Waals surface area contributed by atoms with Gasteiger partial charge in [-0.2, -0.15) is 11.8 Å². The van der Waals surface area contributed by atoms with Gasteiger partial charge < -0.3 is 5.32 Å². The number of rotatable bonds is 8. The van der Waals surface area contributed by atoms with Crippen LogP contribution in [-0.2, 0) is 10.0 Å². The lowest BCUT2D eigenvalue weighted by atomic mass is 10.1. The molecule has 0 aliphatic carbocycles. The molecule has 1 rings (SSSR count). The van der Waals surface area contributed by atoms with Crippen LogP contribution in [0.15, 0.2) is 29.2 Å². The third kappa shape index (κ3) is 5.29. The van der Waals surface area contributed by atoms with E-state index in [0.29, 0.717) is 10.8 Å². The molecule has 0 aromatic heterocycles. The molecule has 0 bridgehead atoms. The minimum Gasteiger partial charge on any atom is -0.310 e. The number of nitrogens with zero attached hydrogens (tertiary/aromatic N) is 1. The first kappa shape index (κ1) is 18.5. The number of hydrogen-bond acceptors (Lipinski definition) is 4. The lowest BCUT2D eigenvalue weighted by Crippen LogP contribution is -2.25. The molecule has 0 spiro atoms. The molecule has 1 aromatic rings. The van der Waals surface area contributed by atoms with Gasteiger partial charge in [-0.25, -0.2) is 12.7 Å². The van der Waals surface area contributed by atoms with Crippen molar-refractivity contribution in [3.05, 3.63) is 29.8 Å². The normalized spacial score (nSPS) is 15.1. The summed E-state index contributed by atoms with van der Waals surface area (Å²) in [5.41, 5.74) is 1.10. The molecule has 4 nitrogen and oxygen atoms in total. The number of sulfonamides is 1. The van der Waals surface area contributed by atoms with Crippen LogP contribution in [0, 0.1) is 5.92 Å². The zero-order valence-corrected chi connectivity index (χ0v) is 15.1. The predicted octanol–water partition coefficient (Wildman–Crippen LogP) is 2.59. The lowest BCUT2D eigenvalue weighted by molar-refractivity contribution is 0.500. The van der Waals surface area contributed by atoms with E-state index in [1.165, 1.54) is 4.31 Å². The highest BCUT2D eigenvalue weighted by atomic mass is 32.2. The molecule has 2 atom stereocenters. The van der Waals surface area contributed by atoms with E-state index in [1.54, 1.807) is 26.2 Å². The second-order valence-corrected chi connectivity index (χ2v) is 8.61. The minimum atomic E-state index is -3.34. The van der Waals surface area contributed by atoms with E-state index in [9.17, 15) is 8.42 Å². The molecular formula is C15H26N2O2S2. The van der Waals surface area contributed by atoms with Gasteiger partial charge in [-0.3, -0.25) is 0 Å². The van der Waals surface area contributed by atoms with Crippen molar-refractivity contribution in [3.8, 4) is 0 Å². The first-order chi connectivity index (χ1) is 9.78. The summed E-state index contributed by atoms with van der Waals surface area (Å²) in [7, 11) is -0.258. The van der Waals surface area contributed by atoms with Crippen molar-refractivity contribution >= 4 is 21.8 Å². The van der Waals surface area contributed by atoms with Gasteiger partial charge in [-0.05, 0) is 49.1 Å². The summed E-state index contributed by atoms with van der Waals surface area (Å²) < 4.78 is 25.2.